The maximum Gasteiger partial charge on any atom is 0.244 e. The van der Waals surface area contributed by atoms with E-state index < -0.39 is 0 Å². The van der Waals surface area contributed by atoms with Gasteiger partial charge in [0.2, 0.25) is 5.91 Å². The first-order valence-corrected chi connectivity index (χ1v) is 7.79. The summed E-state index contributed by atoms with van der Waals surface area (Å²) in [6.45, 7) is 1.25. The third-order valence-electron chi connectivity index (χ3n) is 3.42. The Bertz CT molecular complexity index is 775. The lowest BCUT2D eigenvalue weighted by Gasteiger charge is -2.20. The maximum atomic E-state index is 12.8. The average Bonchev–Trinajstić information content (AvgIpc) is 2.59. The Morgan fingerprint density at radius 1 is 1.21 bits per heavy atom. The number of hydrogen-bond donors (Lipinski definition) is 1. The molecule has 6 heteroatoms. The second-order valence-electron chi connectivity index (χ2n) is 5.20. The van der Waals surface area contributed by atoms with Gasteiger partial charge in [-0.15, -0.1) is 0 Å². The minimum Gasteiger partial charge on any atom is -0.486 e. The molecule has 1 N–H and O–H groups in total. The van der Waals surface area contributed by atoms with Crippen LogP contribution >= 0.6 is 11.6 Å². The Balaban J connectivity index is 1.60. The van der Waals surface area contributed by atoms with E-state index in [1.54, 1.807) is 30.3 Å². The number of ether oxygens (including phenoxy) is 2. The van der Waals surface area contributed by atoms with Crippen LogP contribution in [-0.4, -0.2) is 19.1 Å². The normalized spacial score (nSPS) is 13.1. The summed E-state index contributed by atoms with van der Waals surface area (Å²) in [5.74, 6) is 0.548. The minimum atomic E-state index is -0.313. The fourth-order valence-corrected chi connectivity index (χ4v) is 2.55. The number of rotatable bonds is 4. The molecule has 3 rings (SSSR count). The molecule has 24 heavy (non-hydrogen) atoms. The zero-order valence-corrected chi connectivity index (χ0v) is 13.5. The summed E-state index contributed by atoms with van der Waals surface area (Å²) in [5, 5.41) is 3.22. The highest BCUT2D eigenvalue weighted by molar-refractivity contribution is 6.32. The molecule has 4 nitrogen and oxygen atoms in total. The van der Waals surface area contributed by atoms with Crippen LogP contribution in [0.2, 0.25) is 5.02 Å². The Morgan fingerprint density at radius 3 is 2.75 bits per heavy atom. The third-order valence-corrected chi connectivity index (χ3v) is 3.70. The van der Waals surface area contributed by atoms with Crippen LogP contribution in [0.4, 0.5) is 4.39 Å². The summed E-state index contributed by atoms with van der Waals surface area (Å²) in [6, 6.07) is 9.41. The van der Waals surface area contributed by atoms with Crippen molar-refractivity contribution in [3.8, 4) is 11.5 Å². The smallest absolute Gasteiger partial charge is 0.244 e. The number of fused-ring (bicyclic) bond motifs is 1. The standard InChI is InChI=1S/C18H15ClFNO3/c19-15-9-13(10-16-18(15)24-8-7-23-16)11-21-17(22)6-3-12-1-4-14(20)5-2-12/h1-6,9-10H,7-8,11H2,(H,21,22)/b6-3+. The number of halogens is 2. The molecule has 124 valence electrons. The number of benzene rings is 2. The van der Waals surface area contributed by atoms with E-state index >= 15 is 0 Å². The van der Waals surface area contributed by atoms with E-state index in [1.807, 2.05) is 0 Å². The fraction of sp³-hybridized carbons (Fsp3) is 0.167. The zero-order valence-electron chi connectivity index (χ0n) is 12.7. The average molecular weight is 348 g/mol. The van der Waals surface area contributed by atoms with Crippen molar-refractivity contribution in [2.24, 2.45) is 0 Å². The minimum absolute atomic E-state index is 0.259. The molecule has 0 unspecified atom stereocenters. The van der Waals surface area contributed by atoms with Crippen molar-refractivity contribution in [2.45, 2.75) is 6.54 Å². The van der Waals surface area contributed by atoms with Gasteiger partial charge in [0.15, 0.2) is 11.5 Å². The van der Waals surface area contributed by atoms with Crippen molar-refractivity contribution >= 4 is 23.6 Å². The second-order valence-corrected chi connectivity index (χ2v) is 5.61. The van der Waals surface area contributed by atoms with Crippen molar-refractivity contribution < 1.29 is 18.7 Å². The number of carbonyl (C=O) groups is 1. The van der Waals surface area contributed by atoms with E-state index in [-0.39, 0.29) is 11.7 Å². The zero-order chi connectivity index (χ0) is 16.9. The van der Waals surface area contributed by atoms with Gasteiger partial charge in [0.1, 0.15) is 19.0 Å². The van der Waals surface area contributed by atoms with E-state index in [0.29, 0.717) is 36.3 Å². The molecule has 2 aromatic rings. The van der Waals surface area contributed by atoms with Gasteiger partial charge in [-0.25, -0.2) is 4.39 Å². The van der Waals surface area contributed by atoms with Crippen molar-refractivity contribution in [2.75, 3.05) is 13.2 Å². The lowest BCUT2D eigenvalue weighted by atomic mass is 10.2. The fourth-order valence-electron chi connectivity index (χ4n) is 2.26. The van der Waals surface area contributed by atoms with Crippen molar-refractivity contribution in [3.63, 3.8) is 0 Å². The molecule has 0 aliphatic carbocycles. The lowest BCUT2D eigenvalue weighted by molar-refractivity contribution is -0.116. The number of nitrogens with one attached hydrogen (secondary N) is 1. The van der Waals surface area contributed by atoms with Crippen LogP contribution in [0.25, 0.3) is 6.08 Å². The van der Waals surface area contributed by atoms with Gasteiger partial charge in [0.25, 0.3) is 0 Å². The number of hydrogen-bond acceptors (Lipinski definition) is 3. The molecule has 0 saturated heterocycles. The molecule has 0 fully saturated rings. The summed E-state index contributed by atoms with van der Waals surface area (Å²) in [6.07, 6.45) is 3.01. The molecule has 0 radical (unpaired) electrons. The Kier molecular flexibility index (Phi) is 5.01. The molecule has 1 amide bonds. The molecule has 0 bridgehead atoms. The molecular weight excluding hydrogens is 333 g/mol. The first-order valence-electron chi connectivity index (χ1n) is 7.41. The van der Waals surface area contributed by atoms with Crippen LogP contribution in [0.1, 0.15) is 11.1 Å². The predicted octanol–water partition coefficient (Wildman–Crippen LogP) is 3.58. The molecule has 0 saturated carbocycles. The summed E-state index contributed by atoms with van der Waals surface area (Å²) in [7, 11) is 0. The van der Waals surface area contributed by atoms with Gasteiger partial charge in [-0.05, 0) is 41.5 Å². The van der Waals surface area contributed by atoms with Gasteiger partial charge in [-0.1, -0.05) is 23.7 Å². The Morgan fingerprint density at radius 2 is 1.96 bits per heavy atom. The number of amides is 1. The van der Waals surface area contributed by atoms with Crippen LogP contribution in [0.5, 0.6) is 11.5 Å². The first kappa shape index (κ1) is 16.3. The van der Waals surface area contributed by atoms with Gasteiger partial charge in [0.05, 0.1) is 5.02 Å². The highest BCUT2D eigenvalue weighted by Crippen LogP contribution is 2.38. The van der Waals surface area contributed by atoms with E-state index in [0.717, 1.165) is 11.1 Å². The van der Waals surface area contributed by atoms with Crippen LogP contribution in [0.3, 0.4) is 0 Å². The highest BCUT2D eigenvalue weighted by Gasteiger charge is 2.16. The molecule has 2 aromatic carbocycles. The van der Waals surface area contributed by atoms with Gasteiger partial charge >= 0.3 is 0 Å². The van der Waals surface area contributed by atoms with Crippen LogP contribution in [-0.2, 0) is 11.3 Å². The Labute approximate surface area is 143 Å². The van der Waals surface area contributed by atoms with E-state index in [4.69, 9.17) is 21.1 Å². The van der Waals surface area contributed by atoms with Crippen LogP contribution in [0.15, 0.2) is 42.5 Å². The second kappa shape index (κ2) is 7.36. The molecule has 1 aliphatic heterocycles. The van der Waals surface area contributed by atoms with Gasteiger partial charge in [-0.2, -0.15) is 0 Å². The molecule has 0 atom stereocenters. The van der Waals surface area contributed by atoms with Gasteiger partial charge < -0.3 is 14.8 Å². The SMILES string of the molecule is O=C(/C=C/c1ccc(F)cc1)NCc1cc(Cl)c2c(c1)OCCO2. The molecule has 0 aromatic heterocycles. The van der Waals surface area contributed by atoms with Crippen LogP contribution in [0, 0.1) is 5.82 Å². The summed E-state index contributed by atoms with van der Waals surface area (Å²) < 4.78 is 23.8. The van der Waals surface area contributed by atoms with Crippen molar-refractivity contribution in [1.82, 2.24) is 5.32 Å². The summed E-state index contributed by atoms with van der Waals surface area (Å²) in [4.78, 5) is 11.9. The Hall–Kier alpha value is -2.53. The predicted molar refractivity (Wildman–Crippen MR) is 89.7 cm³/mol. The van der Waals surface area contributed by atoms with Crippen LogP contribution < -0.4 is 14.8 Å². The summed E-state index contributed by atoms with van der Waals surface area (Å²) >= 11 is 6.15. The largest absolute Gasteiger partial charge is 0.486 e. The third kappa shape index (κ3) is 4.06. The number of carbonyl (C=O) groups excluding carboxylic acids is 1. The van der Waals surface area contributed by atoms with Gasteiger partial charge in [-0.3, -0.25) is 4.79 Å². The summed E-state index contributed by atoms with van der Waals surface area (Å²) in [5.41, 5.74) is 1.56. The molecule has 1 aliphatic rings. The lowest BCUT2D eigenvalue weighted by Crippen LogP contribution is -2.21. The van der Waals surface area contributed by atoms with E-state index in [1.165, 1.54) is 18.2 Å². The monoisotopic (exact) mass is 347 g/mol. The van der Waals surface area contributed by atoms with Crippen molar-refractivity contribution in [1.29, 1.82) is 0 Å². The quantitative estimate of drug-likeness (QED) is 0.860. The molecule has 0 spiro atoms. The molecule has 1 heterocycles. The van der Waals surface area contributed by atoms with Crippen molar-refractivity contribution in [3.05, 3.63) is 64.4 Å². The molecular formula is C18H15ClFNO3. The maximum absolute atomic E-state index is 12.8. The highest BCUT2D eigenvalue weighted by atomic mass is 35.5. The topological polar surface area (TPSA) is 47.6 Å². The van der Waals surface area contributed by atoms with E-state index in [2.05, 4.69) is 5.32 Å². The van der Waals surface area contributed by atoms with Gasteiger partial charge in [0, 0.05) is 12.6 Å². The van der Waals surface area contributed by atoms with E-state index in [9.17, 15) is 9.18 Å². The first-order chi connectivity index (χ1) is 11.6.